The number of rotatable bonds is 2. The van der Waals surface area contributed by atoms with E-state index in [0.717, 1.165) is 25.2 Å². The summed E-state index contributed by atoms with van der Waals surface area (Å²) in [6.45, 7) is 8.57. The molecule has 22 heavy (non-hydrogen) atoms. The summed E-state index contributed by atoms with van der Waals surface area (Å²) in [6, 6.07) is 1.73. The number of nitrogens with one attached hydrogen (secondary N) is 1. The number of aromatic nitrogens is 1. The molecule has 3 rings (SSSR count). The van der Waals surface area contributed by atoms with Crippen LogP contribution in [-0.2, 0) is 13.0 Å². The molecule has 0 atom stereocenters. The Morgan fingerprint density at radius 1 is 1.45 bits per heavy atom. The van der Waals surface area contributed by atoms with E-state index in [0.29, 0.717) is 15.0 Å². The molecule has 118 valence electrons. The number of carbonyl (C=O) groups is 1. The van der Waals surface area contributed by atoms with Crippen molar-refractivity contribution < 1.29 is 4.79 Å². The molecule has 0 unspecified atom stereocenters. The van der Waals surface area contributed by atoms with Gasteiger partial charge in [-0.25, -0.2) is 4.98 Å². The lowest BCUT2D eigenvalue weighted by molar-refractivity contribution is 0.102. The number of carbonyl (C=O) groups excluding carboxylic acids is 1. The first-order valence-electron chi connectivity index (χ1n) is 7.12. The second kappa shape index (κ2) is 5.92. The standard InChI is InChI=1S/C15H18ClN3OS2/c1-15(2,3)19-6-4-10-11(8-19)22-14(17-10)18-13(20)9-5-7-21-12(9)16/h5,7H,4,6,8H2,1-3H3,(H,17,18,20). The van der Waals surface area contributed by atoms with Crippen LogP contribution in [-0.4, -0.2) is 27.9 Å². The monoisotopic (exact) mass is 355 g/mol. The summed E-state index contributed by atoms with van der Waals surface area (Å²) in [5.41, 5.74) is 1.77. The molecule has 0 aliphatic carbocycles. The topological polar surface area (TPSA) is 45.2 Å². The summed E-state index contributed by atoms with van der Waals surface area (Å²) in [6.07, 6.45) is 0.929. The molecule has 2 aromatic heterocycles. The van der Waals surface area contributed by atoms with Crippen LogP contribution in [0.3, 0.4) is 0 Å². The van der Waals surface area contributed by atoms with E-state index in [2.05, 4.69) is 36.0 Å². The first-order valence-corrected chi connectivity index (χ1v) is 9.20. The molecule has 0 spiro atoms. The van der Waals surface area contributed by atoms with Crippen molar-refractivity contribution in [3.05, 3.63) is 31.9 Å². The fraction of sp³-hybridized carbons (Fsp3) is 0.467. The second-order valence-corrected chi connectivity index (χ2v) is 8.90. The average Bonchev–Trinajstić information content (AvgIpc) is 3.01. The molecule has 1 N–H and O–H groups in total. The summed E-state index contributed by atoms with van der Waals surface area (Å²) >= 11 is 8.92. The van der Waals surface area contributed by atoms with Crippen molar-refractivity contribution in [3.8, 4) is 0 Å². The molecule has 3 heterocycles. The molecule has 0 saturated carbocycles. The van der Waals surface area contributed by atoms with E-state index in [1.54, 1.807) is 17.4 Å². The lowest BCUT2D eigenvalue weighted by atomic mass is 10.0. The molecular weight excluding hydrogens is 338 g/mol. The SMILES string of the molecule is CC(C)(C)N1CCc2nc(NC(=O)c3ccsc3Cl)sc2C1. The summed E-state index contributed by atoms with van der Waals surface area (Å²) < 4.78 is 0.512. The van der Waals surface area contributed by atoms with Gasteiger partial charge in [0, 0.05) is 29.9 Å². The molecule has 7 heteroatoms. The van der Waals surface area contributed by atoms with E-state index < -0.39 is 0 Å². The Kier molecular flexibility index (Phi) is 4.29. The number of anilines is 1. The van der Waals surface area contributed by atoms with Gasteiger partial charge < -0.3 is 0 Å². The van der Waals surface area contributed by atoms with Crippen LogP contribution in [0.2, 0.25) is 4.34 Å². The number of halogens is 1. The summed E-state index contributed by atoms with van der Waals surface area (Å²) in [4.78, 5) is 20.4. The van der Waals surface area contributed by atoms with Gasteiger partial charge in [-0.2, -0.15) is 0 Å². The van der Waals surface area contributed by atoms with Gasteiger partial charge in [0.1, 0.15) is 4.34 Å². The minimum Gasteiger partial charge on any atom is -0.298 e. The van der Waals surface area contributed by atoms with Crippen molar-refractivity contribution >= 4 is 45.3 Å². The van der Waals surface area contributed by atoms with E-state index in [-0.39, 0.29) is 11.4 Å². The molecule has 2 aromatic rings. The number of thiazole rings is 1. The number of amides is 1. The average molecular weight is 356 g/mol. The van der Waals surface area contributed by atoms with Gasteiger partial charge in [0.2, 0.25) is 0 Å². The number of hydrogen-bond donors (Lipinski definition) is 1. The largest absolute Gasteiger partial charge is 0.298 e. The van der Waals surface area contributed by atoms with Crippen LogP contribution in [0.5, 0.6) is 0 Å². The third-order valence-electron chi connectivity index (χ3n) is 3.76. The molecule has 1 aliphatic heterocycles. The Morgan fingerprint density at radius 3 is 2.86 bits per heavy atom. The Hall–Kier alpha value is -0.950. The van der Waals surface area contributed by atoms with Crippen molar-refractivity contribution in [1.82, 2.24) is 9.88 Å². The maximum atomic E-state index is 12.2. The molecule has 4 nitrogen and oxygen atoms in total. The Morgan fingerprint density at radius 2 is 2.23 bits per heavy atom. The minimum absolute atomic E-state index is 0.148. The Bertz CT molecular complexity index is 702. The van der Waals surface area contributed by atoms with Crippen LogP contribution in [0.25, 0.3) is 0 Å². The highest BCUT2D eigenvalue weighted by molar-refractivity contribution is 7.16. The first kappa shape index (κ1) is 15.9. The van der Waals surface area contributed by atoms with Crippen LogP contribution in [0, 0.1) is 0 Å². The van der Waals surface area contributed by atoms with Gasteiger partial charge in [-0.05, 0) is 32.2 Å². The predicted molar refractivity (Wildman–Crippen MR) is 93.3 cm³/mol. The second-order valence-electron chi connectivity index (χ2n) is 6.29. The summed E-state index contributed by atoms with van der Waals surface area (Å²) in [5.74, 6) is -0.190. The minimum atomic E-state index is -0.190. The van der Waals surface area contributed by atoms with Crippen molar-refractivity contribution in [2.24, 2.45) is 0 Å². The fourth-order valence-electron chi connectivity index (χ4n) is 2.44. The molecule has 0 radical (unpaired) electrons. The summed E-state index contributed by atoms with van der Waals surface area (Å²) in [5, 5.41) is 5.34. The fourth-order valence-corrected chi connectivity index (χ4v) is 4.38. The third kappa shape index (κ3) is 3.20. The predicted octanol–water partition coefficient (Wildman–Crippen LogP) is 4.27. The molecule has 1 aliphatic rings. The molecule has 0 fully saturated rings. The molecule has 0 saturated heterocycles. The van der Waals surface area contributed by atoms with E-state index in [1.807, 2.05) is 5.38 Å². The van der Waals surface area contributed by atoms with Crippen molar-refractivity contribution in [1.29, 1.82) is 0 Å². The van der Waals surface area contributed by atoms with E-state index in [1.165, 1.54) is 16.2 Å². The zero-order chi connectivity index (χ0) is 15.9. The van der Waals surface area contributed by atoms with Gasteiger partial charge >= 0.3 is 0 Å². The Labute approximate surface area is 143 Å². The van der Waals surface area contributed by atoms with E-state index >= 15 is 0 Å². The van der Waals surface area contributed by atoms with Crippen LogP contribution < -0.4 is 5.32 Å². The van der Waals surface area contributed by atoms with Crippen LogP contribution >= 0.6 is 34.3 Å². The van der Waals surface area contributed by atoms with Crippen molar-refractivity contribution in [2.75, 3.05) is 11.9 Å². The quantitative estimate of drug-likeness (QED) is 0.875. The zero-order valence-electron chi connectivity index (χ0n) is 12.8. The molecule has 0 bridgehead atoms. The van der Waals surface area contributed by atoms with Crippen LogP contribution in [0.4, 0.5) is 5.13 Å². The highest BCUT2D eigenvalue weighted by atomic mass is 35.5. The smallest absolute Gasteiger partial charge is 0.259 e. The van der Waals surface area contributed by atoms with Crippen molar-refractivity contribution in [2.45, 2.75) is 39.3 Å². The number of nitrogens with zero attached hydrogens (tertiary/aromatic N) is 2. The number of fused-ring (bicyclic) bond motifs is 1. The first-order chi connectivity index (χ1) is 10.3. The van der Waals surface area contributed by atoms with Gasteiger partial charge in [0.05, 0.1) is 11.3 Å². The van der Waals surface area contributed by atoms with Gasteiger partial charge in [-0.15, -0.1) is 22.7 Å². The molecular formula is C15H18ClN3OS2. The van der Waals surface area contributed by atoms with Gasteiger partial charge in [-0.1, -0.05) is 11.6 Å². The Balaban J connectivity index is 1.75. The highest BCUT2D eigenvalue weighted by Gasteiger charge is 2.28. The van der Waals surface area contributed by atoms with Crippen LogP contribution in [0.1, 0.15) is 41.7 Å². The normalized spacial score (nSPS) is 15.6. The number of hydrogen-bond acceptors (Lipinski definition) is 5. The van der Waals surface area contributed by atoms with E-state index in [4.69, 9.17) is 11.6 Å². The van der Waals surface area contributed by atoms with Crippen LogP contribution in [0.15, 0.2) is 11.4 Å². The molecule has 1 amide bonds. The lowest BCUT2D eigenvalue weighted by Crippen LogP contribution is -2.43. The third-order valence-corrected chi connectivity index (χ3v) is 5.93. The lowest BCUT2D eigenvalue weighted by Gasteiger charge is -2.37. The maximum absolute atomic E-state index is 12.2. The zero-order valence-corrected chi connectivity index (χ0v) is 15.2. The maximum Gasteiger partial charge on any atom is 0.259 e. The highest BCUT2D eigenvalue weighted by Crippen LogP contribution is 2.32. The summed E-state index contributed by atoms with van der Waals surface area (Å²) in [7, 11) is 0. The molecule has 0 aromatic carbocycles. The van der Waals surface area contributed by atoms with Crippen molar-refractivity contribution in [3.63, 3.8) is 0 Å². The van der Waals surface area contributed by atoms with Gasteiger partial charge in [0.15, 0.2) is 5.13 Å². The van der Waals surface area contributed by atoms with Gasteiger partial charge in [-0.3, -0.25) is 15.0 Å². The van der Waals surface area contributed by atoms with Gasteiger partial charge in [0.25, 0.3) is 5.91 Å². The number of thiophene rings is 1. The van der Waals surface area contributed by atoms with E-state index in [9.17, 15) is 4.79 Å².